The summed E-state index contributed by atoms with van der Waals surface area (Å²) >= 11 is 0. The molecule has 1 atom stereocenters. The average Bonchev–Trinajstić information content (AvgIpc) is 3.28. The van der Waals surface area contributed by atoms with Crippen LogP contribution in [0.2, 0.25) is 0 Å². The Labute approximate surface area is 165 Å². The lowest BCUT2D eigenvalue weighted by atomic mass is 10.1. The van der Waals surface area contributed by atoms with Crippen molar-refractivity contribution in [1.82, 2.24) is 35.1 Å². The molecule has 29 heavy (non-hydrogen) atoms. The van der Waals surface area contributed by atoms with E-state index in [2.05, 4.69) is 32.3 Å². The number of aliphatic carboxylic acids is 1. The molecule has 3 rings (SSSR count). The van der Waals surface area contributed by atoms with Gasteiger partial charge < -0.3 is 16.2 Å². The second-order valence-corrected chi connectivity index (χ2v) is 6.55. The summed E-state index contributed by atoms with van der Waals surface area (Å²) in [5.74, 6) is -1.23. The van der Waals surface area contributed by atoms with Gasteiger partial charge in [-0.15, -0.1) is 11.7 Å². The van der Waals surface area contributed by atoms with Gasteiger partial charge in [0.2, 0.25) is 0 Å². The Morgan fingerprint density at radius 1 is 1.34 bits per heavy atom. The SMILES string of the molecule is C=C(C)CC(NC(=O)c1ccc(-n2cc(-c3cc(N)n(C)n3)nn2)cn1)C(=O)O. The van der Waals surface area contributed by atoms with Crippen molar-refractivity contribution in [2.75, 3.05) is 5.73 Å². The fourth-order valence-electron chi connectivity index (χ4n) is 2.55. The molecule has 3 heterocycles. The first-order valence-corrected chi connectivity index (χ1v) is 8.61. The molecule has 3 aromatic heterocycles. The highest BCUT2D eigenvalue weighted by molar-refractivity contribution is 5.95. The summed E-state index contributed by atoms with van der Waals surface area (Å²) in [5.41, 5.74) is 8.19. The van der Waals surface area contributed by atoms with Crippen LogP contribution in [0.15, 0.2) is 42.7 Å². The molecule has 0 fully saturated rings. The minimum absolute atomic E-state index is 0.0829. The van der Waals surface area contributed by atoms with Crippen LogP contribution in [0.4, 0.5) is 5.82 Å². The van der Waals surface area contributed by atoms with E-state index in [9.17, 15) is 14.7 Å². The van der Waals surface area contributed by atoms with Gasteiger partial charge in [0, 0.05) is 13.1 Å². The summed E-state index contributed by atoms with van der Waals surface area (Å²) in [5, 5.41) is 24.0. The van der Waals surface area contributed by atoms with E-state index in [1.165, 1.54) is 21.6 Å². The fourth-order valence-corrected chi connectivity index (χ4v) is 2.55. The van der Waals surface area contributed by atoms with Crippen molar-refractivity contribution in [3.8, 4) is 17.1 Å². The van der Waals surface area contributed by atoms with E-state index in [0.29, 0.717) is 28.5 Å². The molecule has 0 bridgehead atoms. The van der Waals surface area contributed by atoms with Gasteiger partial charge in [-0.3, -0.25) is 9.48 Å². The maximum Gasteiger partial charge on any atom is 0.326 e. The van der Waals surface area contributed by atoms with Gasteiger partial charge in [-0.2, -0.15) is 5.10 Å². The van der Waals surface area contributed by atoms with Gasteiger partial charge >= 0.3 is 5.97 Å². The second-order valence-electron chi connectivity index (χ2n) is 6.55. The summed E-state index contributed by atoms with van der Waals surface area (Å²) in [6, 6.07) is 3.72. The predicted octanol–water partition coefficient (Wildman–Crippen LogP) is 0.794. The van der Waals surface area contributed by atoms with E-state index < -0.39 is 17.9 Å². The number of hydrogen-bond acceptors (Lipinski definition) is 7. The zero-order valence-electron chi connectivity index (χ0n) is 15.9. The molecule has 0 saturated heterocycles. The molecular weight excluding hydrogens is 376 g/mol. The van der Waals surface area contributed by atoms with E-state index in [1.54, 1.807) is 32.3 Å². The number of hydrogen-bond donors (Lipinski definition) is 3. The number of aromatic nitrogens is 6. The highest BCUT2D eigenvalue weighted by atomic mass is 16.4. The van der Waals surface area contributed by atoms with Crippen LogP contribution in [0.5, 0.6) is 0 Å². The van der Waals surface area contributed by atoms with Gasteiger partial charge in [0.1, 0.15) is 28.9 Å². The Kier molecular flexibility index (Phi) is 5.39. The quantitative estimate of drug-likeness (QED) is 0.495. The van der Waals surface area contributed by atoms with Crippen molar-refractivity contribution in [2.45, 2.75) is 19.4 Å². The first kappa shape index (κ1) is 19.7. The van der Waals surface area contributed by atoms with Gasteiger partial charge in [0.05, 0.1) is 18.1 Å². The van der Waals surface area contributed by atoms with Crippen molar-refractivity contribution in [3.63, 3.8) is 0 Å². The van der Waals surface area contributed by atoms with Crippen molar-refractivity contribution >= 4 is 17.7 Å². The van der Waals surface area contributed by atoms with E-state index in [4.69, 9.17) is 5.73 Å². The highest BCUT2D eigenvalue weighted by Crippen LogP contribution is 2.18. The third kappa shape index (κ3) is 4.46. The van der Waals surface area contributed by atoms with Crippen LogP contribution in [0.1, 0.15) is 23.8 Å². The Hall–Kier alpha value is -4.02. The standard InChI is InChI=1S/C18H20N8O3/c1-10(2)6-14(18(28)29)21-17(27)12-5-4-11(8-20-12)26-9-15(22-24-26)13-7-16(19)25(3)23-13/h4-5,7-9,14H,1,6,19H2,2-3H3,(H,21,27)(H,28,29). The zero-order valence-corrected chi connectivity index (χ0v) is 15.9. The number of nitrogen functional groups attached to an aromatic ring is 1. The third-order valence-corrected chi connectivity index (χ3v) is 4.07. The van der Waals surface area contributed by atoms with Crippen LogP contribution in [0, 0.1) is 0 Å². The first-order valence-electron chi connectivity index (χ1n) is 8.61. The van der Waals surface area contributed by atoms with Crippen molar-refractivity contribution in [3.05, 3.63) is 48.4 Å². The Bertz CT molecular complexity index is 1050. The monoisotopic (exact) mass is 396 g/mol. The number of carbonyl (C=O) groups excluding carboxylic acids is 1. The van der Waals surface area contributed by atoms with E-state index in [-0.39, 0.29) is 12.1 Å². The molecule has 1 amide bonds. The van der Waals surface area contributed by atoms with E-state index in [0.717, 1.165) is 0 Å². The molecule has 150 valence electrons. The van der Waals surface area contributed by atoms with Gasteiger partial charge in [0.15, 0.2) is 0 Å². The number of anilines is 1. The molecule has 0 radical (unpaired) electrons. The lowest BCUT2D eigenvalue weighted by molar-refractivity contribution is -0.139. The van der Waals surface area contributed by atoms with Crippen molar-refractivity contribution < 1.29 is 14.7 Å². The zero-order chi connectivity index (χ0) is 21.1. The molecule has 1 unspecified atom stereocenters. The molecule has 0 aromatic carbocycles. The Morgan fingerprint density at radius 2 is 2.10 bits per heavy atom. The molecule has 0 aliphatic carbocycles. The van der Waals surface area contributed by atoms with Gasteiger partial charge in [0.25, 0.3) is 5.91 Å². The first-order chi connectivity index (χ1) is 13.7. The van der Waals surface area contributed by atoms with Gasteiger partial charge in [-0.05, 0) is 25.5 Å². The van der Waals surface area contributed by atoms with Gasteiger partial charge in [-0.1, -0.05) is 10.8 Å². The molecule has 4 N–H and O–H groups in total. The lowest BCUT2D eigenvalue weighted by Gasteiger charge is -2.14. The minimum Gasteiger partial charge on any atom is -0.480 e. The molecule has 0 aliphatic rings. The summed E-state index contributed by atoms with van der Waals surface area (Å²) in [7, 11) is 1.72. The molecule has 3 aromatic rings. The largest absolute Gasteiger partial charge is 0.480 e. The highest BCUT2D eigenvalue weighted by Gasteiger charge is 2.21. The number of aryl methyl sites for hydroxylation is 1. The number of pyridine rings is 1. The van der Waals surface area contributed by atoms with Crippen LogP contribution in [0.25, 0.3) is 17.1 Å². The smallest absolute Gasteiger partial charge is 0.326 e. The van der Waals surface area contributed by atoms with Crippen LogP contribution in [-0.4, -0.2) is 52.8 Å². The van der Waals surface area contributed by atoms with Crippen LogP contribution < -0.4 is 11.1 Å². The number of nitrogens with zero attached hydrogens (tertiary/aromatic N) is 6. The van der Waals surface area contributed by atoms with Gasteiger partial charge in [-0.25, -0.2) is 14.5 Å². The fraction of sp³-hybridized carbons (Fsp3) is 0.222. The predicted molar refractivity (Wildman–Crippen MR) is 104 cm³/mol. The average molecular weight is 396 g/mol. The molecular formula is C18H20N8O3. The number of rotatable bonds is 7. The van der Waals surface area contributed by atoms with Crippen LogP contribution >= 0.6 is 0 Å². The number of nitrogens with two attached hydrogens (primary N) is 1. The Balaban J connectivity index is 1.74. The maximum atomic E-state index is 12.3. The summed E-state index contributed by atoms with van der Waals surface area (Å²) in [4.78, 5) is 27.7. The van der Waals surface area contributed by atoms with Crippen LogP contribution in [0.3, 0.4) is 0 Å². The second kappa shape index (κ2) is 7.92. The molecule has 11 nitrogen and oxygen atoms in total. The molecule has 0 spiro atoms. The summed E-state index contributed by atoms with van der Waals surface area (Å²) in [6.07, 6.45) is 3.24. The van der Waals surface area contributed by atoms with E-state index in [1.807, 2.05) is 0 Å². The summed E-state index contributed by atoms with van der Waals surface area (Å²) < 4.78 is 3.01. The number of carbonyl (C=O) groups is 2. The van der Waals surface area contributed by atoms with Crippen molar-refractivity contribution in [2.24, 2.45) is 7.05 Å². The number of amides is 1. The third-order valence-electron chi connectivity index (χ3n) is 4.07. The maximum absolute atomic E-state index is 12.3. The van der Waals surface area contributed by atoms with Crippen molar-refractivity contribution in [1.29, 1.82) is 0 Å². The van der Waals surface area contributed by atoms with E-state index >= 15 is 0 Å². The number of nitrogens with one attached hydrogen (secondary N) is 1. The lowest BCUT2D eigenvalue weighted by Crippen LogP contribution is -2.41. The minimum atomic E-state index is -1.14. The normalized spacial score (nSPS) is 11.8. The molecule has 0 saturated carbocycles. The number of carboxylic acid groups (broad SMARTS) is 1. The molecule has 11 heteroatoms. The van der Waals surface area contributed by atoms with Crippen LogP contribution in [-0.2, 0) is 11.8 Å². The topological polar surface area (TPSA) is 154 Å². The number of carboxylic acids is 1. The summed E-state index contributed by atoms with van der Waals surface area (Å²) in [6.45, 7) is 5.37. The Morgan fingerprint density at radius 3 is 2.66 bits per heavy atom. The molecule has 0 aliphatic heterocycles.